The SMILES string of the molecule is CCC[Si](OC)(OC)OCc1c(F)c(F)c(F)c(F)c1F. The van der Waals surface area contributed by atoms with E-state index in [0.717, 1.165) is 0 Å². The van der Waals surface area contributed by atoms with Crippen LogP contribution < -0.4 is 0 Å². The van der Waals surface area contributed by atoms with Crippen LogP contribution in [-0.4, -0.2) is 23.0 Å². The maximum atomic E-state index is 13.5. The largest absolute Gasteiger partial charge is 0.500 e. The predicted molar refractivity (Wildman–Crippen MR) is 65.9 cm³/mol. The summed E-state index contributed by atoms with van der Waals surface area (Å²) in [5.74, 6) is -10.1. The van der Waals surface area contributed by atoms with Crippen LogP contribution in [0.15, 0.2) is 0 Å². The fraction of sp³-hybridized carbons (Fsp3) is 0.500. The van der Waals surface area contributed by atoms with E-state index in [9.17, 15) is 22.0 Å². The molecule has 1 aromatic rings. The Balaban J connectivity index is 3.09. The van der Waals surface area contributed by atoms with Gasteiger partial charge in [-0.2, -0.15) is 0 Å². The second-order valence-electron chi connectivity index (χ2n) is 4.18. The van der Waals surface area contributed by atoms with E-state index >= 15 is 0 Å². The van der Waals surface area contributed by atoms with E-state index in [2.05, 4.69) is 0 Å². The minimum atomic E-state index is -3.19. The minimum Gasteiger partial charge on any atom is -0.377 e. The van der Waals surface area contributed by atoms with Crippen molar-refractivity contribution < 1.29 is 35.2 Å². The van der Waals surface area contributed by atoms with Crippen molar-refractivity contribution >= 4 is 8.80 Å². The van der Waals surface area contributed by atoms with Gasteiger partial charge in [0.2, 0.25) is 5.82 Å². The maximum Gasteiger partial charge on any atom is 0.500 e. The first kappa shape index (κ1) is 18.0. The third-order valence-corrected chi connectivity index (χ3v) is 5.86. The first-order valence-corrected chi connectivity index (χ1v) is 8.01. The normalized spacial score (nSPS) is 12.0. The molecule has 0 fully saturated rings. The first-order valence-electron chi connectivity index (χ1n) is 6.08. The van der Waals surface area contributed by atoms with Gasteiger partial charge in [-0.3, -0.25) is 0 Å². The van der Waals surface area contributed by atoms with Gasteiger partial charge in [-0.25, -0.2) is 22.0 Å². The molecular weight excluding hydrogens is 315 g/mol. The highest BCUT2D eigenvalue weighted by Crippen LogP contribution is 2.25. The van der Waals surface area contributed by atoms with E-state index in [1.807, 2.05) is 6.92 Å². The molecule has 0 radical (unpaired) electrons. The van der Waals surface area contributed by atoms with Gasteiger partial charge in [0.1, 0.15) is 0 Å². The molecule has 0 aliphatic carbocycles. The Kier molecular flexibility index (Phi) is 6.26. The Labute approximate surface area is 120 Å². The Bertz CT molecular complexity index is 479. The quantitative estimate of drug-likeness (QED) is 0.331. The molecule has 0 aromatic heterocycles. The van der Waals surface area contributed by atoms with Gasteiger partial charge in [0.25, 0.3) is 0 Å². The van der Waals surface area contributed by atoms with E-state index in [1.165, 1.54) is 14.2 Å². The van der Waals surface area contributed by atoms with Gasteiger partial charge in [-0.05, 0) is 0 Å². The van der Waals surface area contributed by atoms with Crippen LogP contribution in [-0.2, 0) is 19.9 Å². The van der Waals surface area contributed by atoms with Crippen LogP contribution >= 0.6 is 0 Å². The monoisotopic (exact) mass is 330 g/mol. The Morgan fingerprint density at radius 3 is 1.62 bits per heavy atom. The van der Waals surface area contributed by atoms with Gasteiger partial charge in [-0.1, -0.05) is 13.3 Å². The number of hydrogen-bond acceptors (Lipinski definition) is 3. The van der Waals surface area contributed by atoms with E-state index in [4.69, 9.17) is 13.3 Å². The average Bonchev–Trinajstić information content (AvgIpc) is 2.50. The highest BCUT2D eigenvalue weighted by Gasteiger charge is 2.39. The lowest BCUT2D eigenvalue weighted by molar-refractivity contribution is 0.0882. The molecule has 0 atom stereocenters. The molecule has 0 spiro atoms. The Hall–Kier alpha value is -1.03. The van der Waals surface area contributed by atoms with Crippen LogP contribution in [0.5, 0.6) is 0 Å². The average molecular weight is 330 g/mol. The molecule has 1 aromatic carbocycles. The third-order valence-electron chi connectivity index (χ3n) is 2.92. The molecule has 0 aliphatic heterocycles. The van der Waals surface area contributed by atoms with Gasteiger partial charge >= 0.3 is 8.80 Å². The van der Waals surface area contributed by atoms with Gasteiger partial charge in [0.05, 0.1) is 12.2 Å². The third kappa shape index (κ3) is 3.60. The molecule has 0 unspecified atom stereocenters. The minimum absolute atomic E-state index is 0.343. The van der Waals surface area contributed by atoms with Crippen LogP contribution in [0.25, 0.3) is 0 Å². The van der Waals surface area contributed by atoms with Crippen molar-refractivity contribution in [2.75, 3.05) is 14.2 Å². The van der Waals surface area contributed by atoms with Crippen LogP contribution in [0.2, 0.25) is 6.04 Å². The summed E-state index contributed by atoms with van der Waals surface area (Å²) >= 11 is 0. The van der Waals surface area contributed by atoms with Gasteiger partial charge < -0.3 is 13.3 Å². The molecule has 21 heavy (non-hydrogen) atoms. The molecule has 0 saturated heterocycles. The van der Waals surface area contributed by atoms with Gasteiger partial charge in [0, 0.05) is 20.3 Å². The molecule has 0 heterocycles. The van der Waals surface area contributed by atoms with Crippen LogP contribution in [0, 0.1) is 29.1 Å². The topological polar surface area (TPSA) is 27.7 Å². The first-order chi connectivity index (χ1) is 9.83. The fourth-order valence-corrected chi connectivity index (χ4v) is 3.67. The van der Waals surface area contributed by atoms with Crippen molar-refractivity contribution in [1.29, 1.82) is 0 Å². The summed E-state index contributed by atoms with van der Waals surface area (Å²) in [5.41, 5.74) is -1.05. The molecule has 1 rings (SSSR count). The zero-order valence-corrected chi connectivity index (χ0v) is 12.7. The summed E-state index contributed by atoms with van der Waals surface area (Å²) in [5, 5.41) is 0. The molecule has 3 nitrogen and oxygen atoms in total. The second kappa shape index (κ2) is 7.30. The smallest absolute Gasteiger partial charge is 0.377 e. The van der Waals surface area contributed by atoms with Gasteiger partial charge in [-0.15, -0.1) is 0 Å². The zero-order valence-electron chi connectivity index (χ0n) is 11.7. The van der Waals surface area contributed by atoms with E-state index in [1.54, 1.807) is 0 Å². The van der Waals surface area contributed by atoms with Crippen LogP contribution in [0.1, 0.15) is 18.9 Å². The number of hydrogen-bond donors (Lipinski definition) is 0. The fourth-order valence-electron chi connectivity index (χ4n) is 1.74. The van der Waals surface area contributed by atoms with Crippen LogP contribution in [0.4, 0.5) is 22.0 Å². The Morgan fingerprint density at radius 2 is 1.24 bits per heavy atom. The van der Waals surface area contributed by atoms with E-state index in [0.29, 0.717) is 12.5 Å². The van der Waals surface area contributed by atoms with Crippen molar-refractivity contribution in [1.82, 2.24) is 0 Å². The highest BCUT2D eigenvalue weighted by molar-refractivity contribution is 6.60. The molecule has 120 valence electrons. The van der Waals surface area contributed by atoms with Crippen molar-refractivity contribution in [2.45, 2.75) is 26.0 Å². The molecule has 0 bridgehead atoms. The summed E-state index contributed by atoms with van der Waals surface area (Å²) in [7, 11) is -0.601. The summed E-state index contributed by atoms with van der Waals surface area (Å²) in [6.45, 7) is 0.973. The lowest BCUT2D eigenvalue weighted by Gasteiger charge is -2.26. The lowest BCUT2D eigenvalue weighted by atomic mass is 10.2. The van der Waals surface area contributed by atoms with Gasteiger partial charge in [0.15, 0.2) is 23.3 Å². The summed E-state index contributed by atoms with van der Waals surface area (Å²) < 4.78 is 81.5. The molecule has 0 amide bonds. The van der Waals surface area contributed by atoms with Crippen molar-refractivity contribution in [3.63, 3.8) is 0 Å². The van der Waals surface area contributed by atoms with Crippen molar-refractivity contribution in [3.8, 4) is 0 Å². The zero-order chi connectivity index (χ0) is 16.2. The van der Waals surface area contributed by atoms with E-state index in [-0.39, 0.29) is 0 Å². The Morgan fingerprint density at radius 1 is 0.810 bits per heavy atom. The number of halogens is 5. The number of benzene rings is 1. The summed E-state index contributed by atoms with van der Waals surface area (Å²) in [4.78, 5) is 0. The number of rotatable bonds is 7. The molecular formula is C12H15F5O3Si. The summed E-state index contributed by atoms with van der Waals surface area (Å²) in [6.07, 6.45) is 0.602. The lowest BCUT2D eigenvalue weighted by Crippen LogP contribution is -2.43. The second-order valence-corrected chi connectivity index (χ2v) is 7.15. The van der Waals surface area contributed by atoms with Crippen molar-refractivity contribution in [3.05, 3.63) is 34.6 Å². The predicted octanol–water partition coefficient (Wildman–Crippen LogP) is 3.54. The van der Waals surface area contributed by atoms with E-state index < -0.39 is 50.1 Å². The molecule has 9 heteroatoms. The summed E-state index contributed by atoms with van der Waals surface area (Å²) in [6, 6.07) is 0.343. The molecule has 0 saturated carbocycles. The standard InChI is InChI=1S/C12H15F5O3Si/c1-4-5-21(18-2,19-3)20-6-7-8(13)10(15)12(17)11(16)9(7)14/h4-6H2,1-3H3. The molecule has 0 aliphatic rings. The molecule has 0 N–H and O–H groups in total. The highest BCUT2D eigenvalue weighted by atomic mass is 28.4. The van der Waals surface area contributed by atoms with Crippen LogP contribution in [0.3, 0.4) is 0 Å². The maximum absolute atomic E-state index is 13.5. The van der Waals surface area contributed by atoms with Crippen molar-refractivity contribution in [2.24, 2.45) is 0 Å².